The van der Waals surface area contributed by atoms with Crippen molar-refractivity contribution in [1.82, 2.24) is 0 Å². The molecule has 22 heavy (non-hydrogen) atoms. The van der Waals surface area contributed by atoms with Gasteiger partial charge in [-0.15, -0.1) is 11.8 Å². The summed E-state index contributed by atoms with van der Waals surface area (Å²) < 4.78 is 4.96. The minimum atomic E-state index is -0.995. The van der Waals surface area contributed by atoms with Gasteiger partial charge in [-0.1, -0.05) is 0 Å². The average Bonchev–Trinajstić information content (AvgIpc) is 2.40. The normalized spacial score (nSPS) is 10.0. The number of ketones is 2. The Kier molecular flexibility index (Phi) is 8.66. The largest absolute Gasteiger partial charge is 0.451 e. The highest BCUT2D eigenvalue weighted by molar-refractivity contribution is 6.62. The summed E-state index contributed by atoms with van der Waals surface area (Å²) >= 11 is 0. The molecule has 0 saturated heterocycles. The summed E-state index contributed by atoms with van der Waals surface area (Å²) in [5.41, 5.74) is 7.31. The number of esters is 1. The molecule has 0 amide bonds. The number of Topliss-reactive ketones (excluding diaryl/α,β-unsaturated/α-hetero) is 2. The fourth-order valence-corrected chi connectivity index (χ4v) is 1.53. The zero-order chi connectivity index (χ0) is 17.2. The molecule has 0 aliphatic rings. The zero-order valence-corrected chi connectivity index (χ0v) is 13.6. The number of carbonyl (C=O) groups is 3. The lowest BCUT2D eigenvalue weighted by Crippen LogP contribution is -2.34. The van der Waals surface area contributed by atoms with Crippen LogP contribution in [0.3, 0.4) is 0 Å². The van der Waals surface area contributed by atoms with Crippen molar-refractivity contribution in [2.45, 2.75) is 65.4 Å². The van der Waals surface area contributed by atoms with Crippen molar-refractivity contribution in [3.8, 4) is 11.8 Å². The zero-order valence-electron chi connectivity index (χ0n) is 13.6. The molecular formula is C16H22N2O4. The second-order valence-corrected chi connectivity index (χ2v) is 5.69. The summed E-state index contributed by atoms with van der Waals surface area (Å²) in [5, 5.41) is 0. The highest BCUT2D eigenvalue weighted by Gasteiger charge is 2.33. The number of unbranched alkanes of at least 4 members (excludes halogenated alkanes) is 1. The molecule has 0 rings (SSSR count). The second kappa shape index (κ2) is 9.64. The van der Waals surface area contributed by atoms with Gasteiger partial charge in [-0.2, -0.15) is 4.79 Å². The molecular weight excluding hydrogens is 284 g/mol. The lowest BCUT2D eigenvalue weighted by atomic mass is 10.0. The van der Waals surface area contributed by atoms with Crippen LogP contribution in [0.25, 0.3) is 5.53 Å². The van der Waals surface area contributed by atoms with E-state index in [2.05, 4.69) is 16.6 Å². The summed E-state index contributed by atoms with van der Waals surface area (Å²) in [6.45, 7) is 6.63. The highest BCUT2D eigenvalue weighted by Crippen LogP contribution is 2.08. The number of rotatable bonds is 8. The summed E-state index contributed by atoms with van der Waals surface area (Å²) in [6, 6.07) is 0. The minimum Gasteiger partial charge on any atom is -0.451 e. The van der Waals surface area contributed by atoms with Gasteiger partial charge in [0, 0.05) is 25.7 Å². The van der Waals surface area contributed by atoms with Gasteiger partial charge in [-0.05, 0) is 34.1 Å². The minimum absolute atomic E-state index is 0.000203. The maximum atomic E-state index is 11.8. The van der Waals surface area contributed by atoms with E-state index in [1.807, 2.05) is 0 Å². The Morgan fingerprint density at radius 3 is 2.27 bits per heavy atom. The van der Waals surface area contributed by atoms with Crippen LogP contribution >= 0.6 is 0 Å². The lowest BCUT2D eigenvalue weighted by molar-refractivity contribution is -0.152. The van der Waals surface area contributed by atoms with Crippen molar-refractivity contribution < 1.29 is 23.9 Å². The number of hydrogen-bond acceptors (Lipinski definition) is 4. The Bertz CT molecular complexity index is 541. The Hall–Kier alpha value is -2.25. The molecule has 0 saturated carbocycles. The van der Waals surface area contributed by atoms with Crippen LogP contribution < -0.4 is 0 Å². The Balaban J connectivity index is 4.38. The maximum absolute atomic E-state index is 11.8. The summed E-state index contributed by atoms with van der Waals surface area (Å²) in [6.07, 6.45) is 1.43. The number of nitrogens with zero attached hydrogens (tertiary/aromatic N) is 2. The molecule has 0 fully saturated rings. The highest BCUT2D eigenvalue weighted by atomic mass is 16.6. The average molecular weight is 306 g/mol. The summed E-state index contributed by atoms with van der Waals surface area (Å²) in [4.78, 5) is 37.8. The van der Waals surface area contributed by atoms with Gasteiger partial charge in [0.05, 0.1) is 0 Å². The first-order valence-corrected chi connectivity index (χ1v) is 7.11. The SMILES string of the molecule is CC#CCCCC(=O)CCC(=O)C(=[N+]=[N-])C(=O)OC(C)(C)C. The molecule has 0 atom stereocenters. The molecule has 6 nitrogen and oxygen atoms in total. The van der Waals surface area contributed by atoms with Crippen molar-refractivity contribution in [2.24, 2.45) is 0 Å². The third-order valence-electron chi connectivity index (χ3n) is 2.52. The number of carbonyl (C=O) groups excluding carboxylic acids is 3. The second-order valence-electron chi connectivity index (χ2n) is 5.69. The quantitative estimate of drug-likeness (QED) is 0.130. The van der Waals surface area contributed by atoms with Gasteiger partial charge in [0.2, 0.25) is 0 Å². The van der Waals surface area contributed by atoms with Crippen LogP contribution in [0.15, 0.2) is 0 Å². The first-order valence-electron chi connectivity index (χ1n) is 7.11. The van der Waals surface area contributed by atoms with Crippen molar-refractivity contribution in [2.75, 3.05) is 0 Å². The van der Waals surface area contributed by atoms with Gasteiger partial charge in [0.1, 0.15) is 11.4 Å². The van der Waals surface area contributed by atoms with Gasteiger partial charge in [-0.25, -0.2) is 4.79 Å². The molecule has 120 valence electrons. The van der Waals surface area contributed by atoms with Crippen molar-refractivity contribution in [3.63, 3.8) is 0 Å². The predicted octanol–water partition coefficient (Wildman–Crippen LogP) is 2.11. The molecule has 0 aliphatic carbocycles. The van der Waals surface area contributed by atoms with E-state index in [9.17, 15) is 14.4 Å². The molecule has 0 N–H and O–H groups in total. The molecule has 0 aromatic heterocycles. The number of ether oxygens (including phenoxy) is 1. The van der Waals surface area contributed by atoms with Crippen LogP contribution in [0.2, 0.25) is 0 Å². The molecule has 6 heteroatoms. The third kappa shape index (κ3) is 8.83. The number of hydrogen-bond donors (Lipinski definition) is 0. The molecule has 0 unspecified atom stereocenters. The van der Waals surface area contributed by atoms with Gasteiger partial charge in [0.15, 0.2) is 0 Å². The first kappa shape index (κ1) is 19.8. The fourth-order valence-electron chi connectivity index (χ4n) is 1.53. The van der Waals surface area contributed by atoms with Crippen LogP contribution in [0.1, 0.15) is 59.8 Å². The monoisotopic (exact) mass is 306 g/mol. The molecule has 0 bridgehead atoms. The van der Waals surface area contributed by atoms with Crippen LogP contribution in [0.5, 0.6) is 0 Å². The van der Waals surface area contributed by atoms with E-state index in [4.69, 9.17) is 10.3 Å². The van der Waals surface area contributed by atoms with E-state index in [0.717, 1.165) is 0 Å². The standard InChI is InChI=1S/C16H22N2O4/c1-5-6-7-8-9-12(19)10-11-13(20)14(18-17)15(21)22-16(2,3)4/h7-11H2,1-4H3. The van der Waals surface area contributed by atoms with Crippen LogP contribution in [0.4, 0.5) is 0 Å². The fraction of sp³-hybridized carbons (Fsp3) is 0.625. The van der Waals surface area contributed by atoms with Gasteiger partial charge < -0.3 is 10.3 Å². The Morgan fingerprint density at radius 1 is 1.14 bits per heavy atom. The van der Waals surface area contributed by atoms with E-state index in [1.54, 1.807) is 27.7 Å². The van der Waals surface area contributed by atoms with Gasteiger partial charge in [-0.3, -0.25) is 9.59 Å². The molecule has 0 aliphatic heterocycles. The van der Waals surface area contributed by atoms with Crippen LogP contribution in [0, 0.1) is 11.8 Å². The molecule has 0 aromatic rings. The molecule has 0 radical (unpaired) electrons. The van der Waals surface area contributed by atoms with E-state index in [1.165, 1.54) is 0 Å². The van der Waals surface area contributed by atoms with Crippen molar-refractivity contribution in [1.29, 1.82) is 0 Å². The smallest absolute Gasteiger partial charge is 0.441 e. The molecule has 0 aromatic carbocycles. The summed E-state index contributed by atoms with van der Waals surface area (Å²) in [5.74, 6) is 3.79. The van der Waals surface area contributed by atoms with Gasteiger partial charge in [0.25, 0.3) is 5.78 Å². The van der Waals surface area contributed by atoms with Crippen LogP contribution in [-0.2, 0) is 19.1 Å². The topological polar surface area (TPSA) is 96.8 Å². The van der Waals surface area contributed by atoms with Gasteiger partial charge >= 0.3 is 11.7 Å². The van der Waals surface area contributed by atoms with Crippen molar-refractivity contribution >= 4 is 23.2 Å². The summed E-state index contributed by atoms with van der Waals surface area (Å²) in [7, 11) is 0. The molecule has 0 spiro atoms. The first-order chi connectivity index (χ1) is 10.2. The van der Waals surface area contributed by atoms with E-state index < -0.39 is 23.1 Å². The Labute approximate surface area is 130 Å². The van der Waals surface area contributed by atoms with Crippen LogP contribution in [-0.4, -0.2) is 33.6 Å². The van der Waals surface area contributed by atoms with E-state index >= 15 is 0 Å². The predicted molar refractivity (Wildman–Crippen MR) is 81.0 cm³/mol. The third-order valence-corrected chi connectivity index (χ3v) is 2.52. The van der Waals surface area contributed by atoms with E-state index in [0.29, 0.717) is 19.3 Å². The lowest BCUT2D eigenvalue weighted by Gasteiger charge is -2.17. The van der Waals surface area contributed by atoms with E-state index in [-0.39, 0.29) is 18.6 Å². The molecule has 0 heterocycles. The maximum Gasteiger partial charge on any atom is 0.441 e. The van der Waals surface area contributed by atoms with Crippen molar-refractivity contribution in [3.05, 3.63) is 5.53 Å². The Morgan fingerprint density at radius 2 is 1.77 bits per heavy atom.